The molecular weight excluding hydrogens is 1670 g/mol. The molecule has 0 saturated heterocycles. The zero-order chi connectivity index (χ0) is 90.7. The Morgan fingerprint density at radius 1 is 0.161 bits per heavy atom. The SMILES string of the molecule is CCc1ccc2c(c1)c1cc(-c3ccccc3)ccc1n2-c1cccc2oc3ccccc3c12.Cc1ccc(-c2ccc3c(c2)c2ccccc2n3-c2cccc3oc4ccccc4c23)cc1.c1ccc(-c2ccc3c(c2)c2ccccc2n3-c2cccc3oc4ccccc4c23)cc1.c1ccc(-c2cccc(-c3ccc4c(c3)c3ccccc3n4-c3cccc4oc5ccccc5c34)c2)cc1. The standard InChI is InChI=1S/C36H23NO.C32H23NO.C31H21NO.C30H19NO/c1-2-10-24(11-3-1)25-12-8-13-26(22-25)27-20-21-32-30(23-27)28-14-4-6-16-31(28)37(32)33-17-9-19-35-36(33)29-15-5-7-18-34(29)38-35;1-2-21-15-17-27-25(19-21)26-20-23(22-9-4-3-5-10-22)16-18-28(26)33(27)29-12-8-14-31-32(29)24-11-6-7-13-30(24)34-31;1-20-13-15-21(16-14-20)22-17-18-27-25(19-22)23-7-2-4-9-26(23)32(27)28-10-6-12-30-31(28)24-8-3-5-11-29(24)33-30;1-2-9-20(10-3-1)21-17-18-26-24(19-21)22-11-4-6-13-25(22)31(26)27-14-8-16-29-30(27)23-12-5-7-15-28(23)32-29/h1-23H;3-20H,2H2,1H3;2-19H,1H3;1-19H. The number of hydrogen-bond donors (Lipinski definition) is 0. The molecule has 8 heterocycles. The lowest BCUT2D eigenvalue weighted by atomic mass is 9.98. The first kappa shape index (κ1) is 79.9. The van der Waals surface area contributed by atoms with Crippen LogP contribution in [0.5, 0.6) is 0 Å². The van der Waals surface area contributed by atoms with Gasteiger partial charge in [0, 0.05) is 64.6 Å². The van der Waals surface area contributed by atoms with Gasteiger partial charge in [-0.1, -0.05) is 328 Å². The molecule has 8 aromatic heterocycles. The van der Waals surface area contributed by atoms with Crippen LogP contribution in [0.25, 0.3) is 253 Å². The fourth-order valence-corrected chi connectivity index (χ4v) is 21.3. The van der Waals surface area contributed by atoms with Crippen LogP contribution in [-0.4, -0.2) is 18.3 Å². The van der Waals surface area contributed by atoms with E-state index < -0.39 is 0 Å². The summed E-state index contributed by atoms with van der Waals surface area (Å²) >= 11 is 0. The third-order valence-electron chi connectivity index (χ3n) is 27.6. The number of fused-ring (bicyclic) bond motifs is 24. The Morgan fingerprint density at radius 2 is 0.380 bits per heavy atom. The molecule has 8 nitrogen and oxygen atoms in total. The normalized spacial score (nSPS) is 11.8. The van der Waals surface area contributed by atoms with Crippen LogP contribution in [0.2, 0.25) is 0 Å². The molecule has 0 unspecified atom stereocenters. The van der Waals surface area contributed by atoms with E-state index in [0.29, 0.717) is 0 Å². The lowest BCUT2D eigenvalue weighted by Crippen LogP contribution is -1.94. The van der Waals surface area contributed by atoms with Crippen molar-refractivity contribution in [3.8, 4) is 78.4 Å². The molecule has 137 heavy (non-hydrogen) atoms. The quantitative estimate of drug-likeness (QED) is 0.137. The van der Waals surface area contributed by atoms with E-state index in [-0.39, 0.29) is 0 Å². The highest BCUT2D eigenvalue weighted by molar-refractivity contribution is 6.20. The van der Waals surface area contributed by atoms with Gasteiger partial charge in [0.15, 0.2) is 0 Å². The van der Waals surface area contributed by atoms with Crippen molar-refractivity contribution in [3.63, 3.8) is 0 Å². The largest absolute Gasteiger partial charge is 0.456 e. The fourth-order valence-electron chi connectivity index (χ4n) is 21.3. The van der Waals surface area contributed by atoms with Crippen LogP contribution >= 0.6 is 0 Å². The predicted molar refractivity (Wildman–Crippen MR) is 574 cm³/mol. The smallest absolute Gasteiger partial charge is 0.137 e. The summed E-state index contributed by atoms with van der Waals surface area (Å²) in [6.07, 6.45) is 1.02. The van der Waals surface area contributed by atoms with E-state index in [2.05, 4.69) is 457 Å². The van der Waals surface area contributed by atoms with Crippen molar-refractivity contribution in [1.82, 2.24) is 18.3 Å². The average molecular weight is 1760 g/mol. The van der Waals surface area contributed by atoms with Crippen molar-refractivity contribution in [2.24, 2.45) is 0 Å². The predicted octanol–water partition coefficient (Wildman–Crippen LogP) is 35.9. The summed E-state index contributed by atoms with van der Waals surface area (Å²) in [6, 6.07) is 168. The van der Waals surface area contributed by atoms with Gasteiger partial charge in [-0.05, 0) is 232 Å². The van der Waals surface area contributed by atoms with E-state index in [1.54, 1.807) is 0 Å². The number of hydrogen-bond acceptors (Lipinski definition) is 4. The molecule has 0 N–H and O–H groups in total. The van der Waals surface area contributed by atoms with Gasteiger partial charge in [0.2, 0.25) is 0 Å². The van der Waals surface area contributed by atoms with Gasteiger partial charge in [0.1, 0.15) is 44.7 Å². The maximum atomic E-state index is 6.23. The molecule has 29 aromatic rings. The van der Waals surface area contributed by atoms with Crippen LogP contribution < -0.4 is 0 Å². The number of benzene rings is 21. The van der Waals surface area contributed by atoms with Crippen LogP contribution in [0.4, 0.5) is 0 Å². The monoisotopic (exact) mass is 1750 g/mol. The maximum absolute atomic E-state index is 6.23. The molecule has 0 spiro atoms. The Hall–Kier alpha value is -18.0. The maximum Gasteiger partial charge on any atom is 0.137 e. The second-order valence-corrected chi connectivity index (χ2v) is 35.6. The van der Waals surface area contributed by atoms with Crippen molar-refractivity contribution in [1.29, 1.82) is 0 Å². The Bertz CT molecular complexity index is 9800. The molecule has 8 heteroatoms. The van der Waals surface area contributed by atoms with Crippen molar-refractivity contribution >= 4 is 175 Å². The number of rotatable bonds is 10. The Kier molecular flexibility index (Phi) is 19.3. The van der Waals surface area contributed by atoms with E-state index in [1.165, 1.54) is 154 Å². The number of nitrogens with zero attached hydrogens (tertiary/aromatic N) is 4. The first-order valence-electron chi connectivity index (χ1n) is 47.0. The fraction of sp³-hybridized carbons (Fsp3) is 0.0233. The summed E-state index contributed by atoms with van der Waals surface area (Å²) < 4.78 is 34.4. The summed E-state index contributed by atoms with van der Waals surface area (Å²) in [7, 11) is 0. The van der Waals surface area contributed by atoms with Crippen molar-refractivity contribution in [2.75, 3.05) is 0 Å². The van der Waals surface area contributed by atoms with E-state index in [9.17, 15) is 0 Å². The number of para-hydroxylation sites is 7. The second-order valence-electron chi connectivity index (χ2n) is 35.6. The summed E-state index contributed by atoms with van der Waals surface area (Å²) in [6.45, 7) is 4.34. The number of aromatic nitrogens is 4. The molecule has 0 amide bonds. The summed E-state index contributed by atoms with van der Waals surface area (Å²) in [5, 5.41) is 19.2. The molecule has 0 atom stereocenters. The molecule has 0 aliphatic carbocycles. The van der Waals surface area contributed by atoms with Crippen molar-refractivity contribution in [2.45, 2.75) is 20.3 Å². The Labute approximate surface area is 788 Å². The first-order chi connectivity index (χ1) is 67.8. The van der Waals surface area contributed by atoms with Crippen molar-refractivity contribution in [3.05, 3.63) is 484 Å². The molecule has 0 bridgehead atoms. The van der Waals surface area contributed by atoms with Crippen LogP contribution in [0.3, 0.4) is 0 Å². The van der Waals surface area contributed by atoms with Gasteiger partial charge in [0.05, 0.1) is 88.4 Å². The Balaban J connectivity index is 0.0000000948. The molecule has 0 fully saturated rings. The second kappa shape index (κ2) is 33.1. The van der Waals surface area contributed by atoms with Crippen LogP contribution in [0.1, 0.15) is 18.1 Å². The molecule has 0 saturated carbocycles. The minimum Gasteiger partial charge on any atom is -0.456 e. The summed E-state index contributed by atoms with van der Waals surface area (Å²) in [4.78, 5) is 0. The van der Waals surface area contributed by atoms with Crippen LogP contribution in [0.15, 0.2) is 491 Å². The Morgan fingerprint density at radius 3 is 0.708 bits per heavy atom. The van der Waals surface area contributed by atoms with Crippen molar-refractivity contribution < 1.29 is 17.7 Å². The van der Waals surface area contributed by atoms with E-state index in [1.807, 2.05) is 48.5 Å². The summed E-state index contributed by atoms with van der Waals surface area (Å²) in [5.41, 5.74) is 36.4. The van der Waals surface area contributed by atoms with E-state index >= 15 is 0 Å². The van der Waals surface area contributed by atoms with E-state index in [4.69, 9.17) is 17.7 Å². The highest BCUT2D eigenvalue weighted by Crippen LogP contribution is 2.47. The molecule has 0 aliphatic heterocycles. The lowest BCUT2D eigenvalue weighted by molar-refractivity contribution is 0.668. The van der Waals surface area contributed by atoms with E-state index in [0.717, 1.165) is 117 Å². The highest BCUT2D eigenvalue weighted by Gasteiger charge is 2.25. The third-order valence-corrected chi connectivity index (χ3v) is 27.6. The van der Waals surface area contributed by atoms with Gasteiger partial charge in [-0.2, -0.15) is 0 Å². The molecule has 0 radical (unpaired) electrons. The van der Waals surface area contributed by atoms with Gasteiger partial charge >= 0.3 is 0 Å². The molecular formula is C129H86N4O4. The highest BCUT2D eigenvalue weighted by atomic mass is 16.3. The third kappa shape index (κ3) is 13.6. The minimum atomic E-state index is 0.906. The topological polar surface area (TPSA) is 72.3 Å². The molecule has 646 valence electrons. The molecule has 29 rings (SSSR count). The van der Waals surface area contributed by atoms with Gasteiger partial charge in [-0.25, -0.2) is 0 Å². The number of aryl methyl sites for hydroxylation is 2. The van der Waals surface area contributed by atoms with Crippen LogP contribution in [0, 0.1) is 6.92 Å². The minimum absolute atomic E-state index is 0.906. The zero-order valence-corrected chi connectivity index (χ0v) is 75.2. The number of furan rings is 4. The van der Waals surface area contributed by atoms with Gasteiger partial charge in [-0.3, -0.25) is 0 Å². The van der Waals surface area contributed by atoms with Gasteiger partial charge in [0.25, 0.3) is 0 Å². The zero-order valence-electron chi connectivity index (χ0n) is 75.2. The molecule has 21 aromatic carbocycles. The van der Waals surface area contributed by atoms with Gasteiger partial charge in [-0.15, -0.1) is 0 Å². The first-order valence-corrected chi connectivity index (χ1v) is 47.0. The van der Waals surface area contributed by atoms with Crippen LogP contribution in [-0.2, 0) is 6.42 Å². The summed E-state index contributed by atoms with van der Waals surface area (Å²) in [5.74, 6) is 0. The molecule has 0 aliphatic rings. The van der Waals surface area contributed by atoms with Gasteiger partial charge < -0.3 is 35.9 Å². The average Bonchev–Trinajstić information content (AvgIpc) is 1.58. The lowest BCUT2D eigenvalue weighted by Gasteiger charge is -2.10.